The maximum Gasteiger partial charge on any atom is 0.224 e. The largest absolute Gasteiger partial charge is 0.494 e. The van der Waals surface area contributed by atoms with Crippen LogP contribution in [0.15, 0.2) is 77.4 Å². The van der Waals surface area contributed by atoms with Crippen LogP contribution < -0.4 is 20.3 Å². The van der Waals surface area contributed by atoms with Crippen molar-refractivity contribution in [1.82, 2.24) is 14.9 Å². The lowest BCUT2D eigenvalue weighted by atomic mass is 9.96. The highest BCUT2D eigenvalue weighted by molar-refractivity contribution is 9.10. The lowest BCUT2D eigenvalue weighted by Crippen LogP contribution is -2.29. The number of halogens is 1. The van der Waals surface area contributed by atoms with E-state index in [4.69, 9.17) is 17.0 Å². The summed E-state index contributed by atoms with van der Waals surface area (Å²) in [6.45, 7) is 6.08. The highest BCUT2D eigenvalue weighted by Crippen LogP contribution is 2.45. The van der Waals surface area contributed by atoms with Gasteiger partial charge in [0, 0.05) is 45.9 Å². The van der Waals surface area contributed by atoms with E-state index in [9.17, 15) is 4.79 Å². The molecule has 4 aromatic rings. The van der Waals surface area contributed by atoms with Gasteiger partial charge >= 0.3 is 0 Å². The molecule has 2 N–H and O–H groups in total. The molecule has 0 saturated carbocycles. The molecule has 2 aromatic heterocycles. The van der Waals surface area contributed by atoms with Gasteiger partial charge in [0.25, 0.3) is 0 Å². The summed E-state index contributed by atoms with van der Waals surface area (Å²) in [6.07, 6.45) is 2.19. The first-order chi connectivity index (χ1) is 18.8. The maximum atomic E-state index is 12.1. The Morgan fingerprint density at radius 3 is 2.51 bits per heavy atom. The van der Waals surface area contributed by atoms with Crippen LogP contribution in [0.5, 0.6) is 5.75 Å². The van der Waals surface area contributed by atoms with Crippen molar-refractivity contribution in [3.8, 4) is 11.4 Å². The number of pyridine rings is 1. The number of carbonyl (C=O) groups is 1. The predicted molar refractivity (Wildman–Crippen MR) is 163 cm³/mol. The van der Waals surface area contributed by atoms with Crippen molar-refractivity contribution >= 4 is 50.5 Å². The molecular formula is C30H30BrN5O2S. The second kappa shape index (κ2) is 11.2. The van der Waals surface area contributed by atoms with Crippen LogP contribution in [0.2, 0.25) is 0 Å². The number of rotatable bonds is 7. The molecule has 7 nitrogen and oxygen atoms in total. The minimum atomic E-state index is -0.178. The first-order valence-electron chi connectivity index (χ1n) is 12.8. The Kier molecular flexibility index (Phi) is 7.72. The first-order valence-corrected chi connectivity index (χ1v) is 14.0. The lowest BCUT2D eigenvalue weighted by Gasteiger charge is -2.29. The molecule has 0 aliphatic carbocycles. The molecular weight excluding hydrogens is 574 g/mol. The summed E-state index contributed by atoms with van der Waals surface area (Å²) in [5.74, 6) is 0.491. The SMILES string of the molecule is CCC(=O)Nc1ccc(N2C(=S)NC(c3ccccn3)C2c2cc(C)n(-c3ccc(Br)cc3)c2C)cc1OC. The summed E-state index contributed by atoms with van der Waals surface area (Å²) >= 11 is 9.48. The molecule has 0 radical (unpaired) electrons. The molecule has 1 amide bonds. The normalized spacial score (nSPS) is 16.7. The van der Waals surface area contributed by atoms with Crippen molar-refractivity contribution in [3.63, 3.8) is 0 Å². The number of anilines is 2. The summed E-state index contributed by atoms with van der Waals surface area (Å²) in [7, 11) is 1.60. The second-order valence-corrected chi connectivity index (χ2v) is 10.7. The van der Waals surface area contributed by atoms with Gasteiger partial charge in [-0.3, -0.25) is 9.78 Å². The Balaban J connectivity index is 1.64. The van der Waals surface area contributed by atoms with Gasteiger partial charge in [-0.05, 0) is 86.2 Å². The van der Waals surface area contributed by atoms with Crippen LogP contribution in [0.3, 0.4) is 0 Å². The third-order valence-electron chi connectivity index (χ3n) is 7.03. The van der Waals surface area contributed by atoms with Crippen molar-refractivity contribution in [1.29, 1.82) is 0 Å². The van der Waals surface area contributed by atoms with Gasteiger partial charge < -0.3 is 24.8 Å². The molecule has 2 aromatic carbocycles. The fourth-order valence-corrected chi connectivity index (χ4v) is 5.81. The molecule has 0 spiro atoms. The van der Waals surface area contributed by atoms with E-state index < -0.39 is 0 Å². The number of carbonyl (C=O) groups excluding carboxylic acids is 1. The van der Waals surface area contributed by atoms with E-state index in [1.165, 1.54) is 0 Å². The number of hydrogen-bond donors (Lipinski definition) is 2. The average molecular weight is 605 g/mol. The molecule has 200 valence electrons. The van der Waals surface area contributed by atoms with Gasteiger partial charge in [-0.2, -0.15) is 0 Å². The van der Waals surface area contributed by atoms with Gasteiger partial charge in [0.05, 0.1) is 30.6 Å². The van der Waals surface area contributed by atoms with E-state index in [1.807, 2.05) is 55.5 Å². The summed E-state index contributed by atoms with van der Waals surface area (Å²) in [4.78, 5) is 18.9. The van der Waals surface area contributed by atoms with Gasteiger partial charge in [-0.15, -0.1) is 0 Å². The van der Waals surface area contributed by atoms with Crippen molar-refractivity contribution in [2.45, 2.75) is 39.3 Å². The molecule has 2 atom stereocenters. The lowest BCUT2D eigenvalue weighted by molar-refractivity contribution is -0.115. The van der Waals surface area contributed by atoms with Gasteiger partial charge in [0.15, 0.2) is 5.11 Å². The molecule has 39 heavy (non-hydrogen) atoms. The summed E-state index contributed by atoms with van der Waals surface area (Å²) in [5, 5.41) is 7.04. The van der Waals surface area contributed by atoms with Crippen LogP contribution in [0.4, 0.5) is 11.4 Å². The molecule has 5 rings (SSSR count). The number of nitrogens with zero attached hydrogens (tertiary/aromatic N) is 3. The molecule has 9 heteroatoms. The number of nitrogens with one attached hydrogen (secondary N) is 2. The fraction of sp³-hybridized carbons (Fsp3) is 0.233. The van der Waals surface area contributed by atoms with Crippen molar-refractivity contribution in [2.24, 2.45) is 0 Å². The number of ether oxygens (including phenoxy) is 1. The minimum Gasteiger partial charge on any atom is -0.494 e. The van der Waals surface area contributed by atoms with Crippen LogP contribution in [0.1, 0.15) is 48.1 Å². The van der Waals surface area contributed by atoms with E-state index in [1.54, 1.807) is 13.3 Å². The number of aromatic nitrogens is 2. The number of benzene rings is 2. The van der Waals surface area contributed by atoms with Crippen LogP contribution >= 0.6 is 28.1 Å². The number of amides is 1. The summed E-state index contributed by atoms with van der Waals surface area (Å²) < 4.78 is 8.97. The van der Waals surface area contributed by atoms with Crippen LogP contribution in [0.25, 0.3) is 5.69 Å². The number of thiocarbonyl (C=S) groups is 1. The molecule has 3 heterocycles. The Morgan fingerprint density at radius 2 is 1.85 bits per heavy atom. The van der Waals surface area contributed by atoms with Crippen LogP contribution in [-0.4, -0.2) is 27.7 Å². The highest BCUT2D eigenvalue weighted by atomic mass is 79.9. The molecule has 1 fully saturated rings. The van der Waals surface area contributed by atoms with Gasteiger partial charge in [0.1, 0.15) is 5.75 Å². The Bertz CT molecular complexity index is 1520. The van der Waals surface area contributed by atoms with E-state index in [-0.39, 0.29) is 18.0 Å². The quantitative estimate of drug-likeness (QED) is 0.227. The van der Waals surface area contributed by atoms with Gasteiger partial charge in [-0.25, -0.2) is 0 Å². The van der Waals surface area contributed by atoms with Crippen molar-refractivity contribution < 1.29 is 9.53 Å². The van der Waals surface area contributed by atoms with Crippen molar-refractivity contribution in [2.75, 3.05) is 17.3 Å². The Hall–Kier alpha value is -3.69. The zero-order valence-electron chi connectivity index (χ0n) is 22.2. The zero-order chi connectivity index (χ0) is 27.7. The Morgan fingerprint density at radius 1 is 1.10 bits per heavy atom. The molecule has 1 aliphatic heterocycles. The third-order valence-corrected chi connectivity index (χ3v) is 7.87. The average Bonchev–Trinajstić information content (AvgIpc) is 3.44. The minimum absolute atomic E-state index is 0.0760. The summed E-state index contributed by atoms with van der Waals surface area (Å²) in [5.41, 5.74) is 6.86. The Labute approximate surface area is 242 Å². The molecule has 1 aliphatic rings. The van der Waals surface area contributed by atoms with E-state index in [0.717, 1.165) is 38.5 Å². The zero-order valence-corrected chi connectivity index (χ0v) is 24.6. The van der Waals surface area contributed by atoms with E-state index in [0.29, 0.717) is 23.0 Å². The second-order valence-electron chi connectivity index (χ2n) is 9.42. The van der Waals surface area contributed by atoms with E-state index in [2.05, 4.69) is 73.1 Å². The number of hydrogen-bond acceptors (Lipinski definition) is 4. The van der Waals surface area contributed by atoms with Crippen LogP contribution in [0, 0.1) is 13.8 Å². The summed E-state index contributed by atoms with van der Waals surface area (Å²) in [6, 6.07) is 21.9. The molecule has 1 saturated heterocycles. The monoisotopic (exact) mass is 603 g/mol. The fourth-order valence-electron chi connectivity index (χ4n) is 5.20. The topological polar surface area (TPSA) is 71.4 Å². The van der Waals surface area contributed by atoms with Gasteiger partial charge in [0.2, 0.25) is 5.91 Å². The van der Waals surface area contributed by atoms with Crippen LogP contribution in [-0.2, 0) is 4.79 Å². The molecule has 0 bridgehead atoms. The third kappa shape index (κ3) is 5.16. The van der Waals surface area contributed by atoms with E-state index >= 15 is 0 Å². The first kappa shape index (κ1) is 26.9. The number of aryl methyl sites for hydroxylation is 1. The standard InChI is InChI=1S/C30H30BrN5O2S/c1-5-27(37)33-24-14-13-22(17-26(24)38-4)36-29(28(34-30(36)39)25-8-6-7-15-32-25)23-16-18(2)35(19(23)3)21-11-9-20(31)10-12-21/h6-17,28-29H,5H2,1-4H3,(H,33,37)(H,34,39). The number of methoxy groups -OCH3 is 1. The maximum absolute atomic E-state index is 12.1. The van der Waals surface area contributed by atoms with Crippen molar-refractivity contribution in [3.05, 3.63) is 100 Å². The molecule has 2 unspecified atom stereocenters. The predicted octanol–water partition coefficient (Wildman–Crippen LogP) is 6.79. The van der Waals surface area contributed by atoms with Gasteiger partial charge in [-0.1, -0.05) is 28.9 Å². The smallest absolute Gasteiger partial charge is 0.224 e. The highest BCUT2D eigenvalue weighted by Gasteiger charge is 2.42.